The Morgan fingerprint density at radius 2 is 1.64 bits per heavy atom. The number of piperidine rings is 1. The van der Waals surface area contributed by atoms with Crippen LogP contribution in [0.1, 0.15) is 64.0 Å². The Hall–Kier alpha value is -5.58. The van der Waals surface area contributed by atoms with Crippen LogP contribution in [0.5, 0.6) is 0 Å². The van der Waals surface area contributed by atoms with Crippen molar-refractivity contribution in [2.75, 3.05) is 25.0 Å². The van der Waals surface area contributed by atoms with Crippen LogP contribution in [0.4, 0.5) is 19.3 Å². The van der Waals surface area contributed by atoms with Crippen LogP contribution in [0.3, 0.4) is 0 Å². The van der Waals surface area contributed by atoms with Crippen molar-refractivity contribution in [2.45, 2.75) is 109 Å². The second-order valence-electron chi connectivity index (χ2n) is 16.0. The highest BCUT2D eigenvalue weighted by molar-refractivity contribution is 5.98. The number of fused-ring (bicyclic) bond motifs is 3. The van der Waals surface area contributed by atoms with Gasteiger partial charge in [-0.3, -0.25) is 24.0 Å². The fourth-order valence-electron chi connectivity index (χ4n) is 8.13. The summed E-state index contributed by atoms with van der Waals surface area (Å²) in [5, 5.41) is 10.7. The monoisotopic (exact) mass is 806 g/mol. The van der Waals surface area contributed by atoms with Gasteiger partial charge in [0.15, 0.2) is 0 Å². The van der Waals surface area contributed by atoms with Crippen molar-refractivity contribution in [3.05, 3.63) is 77.2 Å². The van der Waals surface area contributed by atoms with Crippen LogP contribution in [0.15, 0.2) is 54.4 Å². The first-order valence-electron chi connectivity index (χ1n) is 19.8. The van der Waals surface area contributed by atoms with Crippen LogP contribution in [0, 0.1) is 24.5 Å². The maximum absolute atomic E-state index is 14.8. The fraction of sp³-hybridized carbons (Fsp3) is 0.512. The molecule has 0 aliphatic carbocycles. The molecule has 8 atom stereocenters. The molecule has 4 heterocycles. The molecule has 2 aromatic carbocycles. The minimum absolute atomic E-state index is 0.0415. The van der Waals surface area contributed by atoms with Crippen LogP contribution in [-0.4, -0.2) is 112 Å². The number of halogens is 2. The van der Waals surface area contributed by atoms with Crippen LogP contribution in [0.2, 0.25) is 0 Å². The van der Waals surface area contributed by atoms with Gasteiger partial charge in [0.05, 0.1) is 5.70 Å². The molecule has 0 aromatic heterocycles. The van der Waals surface area contributed by atoms with E-state index in [0.717, 1.165) is 17.7 Å². The summed E-state index contributed by atoms with van der Waals surface area (Å²) in [6, 6.07) is 2.36. The average molecular weight is 807 g/mol. The lowest BCUT2D eigenvalue weighted by atomic mass is 9.98. The fourth-order valence-corrected chi connectivity index (χ4v) is 8.13. The maximum atomic E-state index is 14.8. The Morgan fingerprint density at radius 1 is 0.931 bits per heavy atom. The summed E-state index contributed by atoms with van der Waals surface area (Å²) in [6.07, 6.45) is 2.07. The van der Waals surface area contributed by atoms with Gasteiger partial charge in [-0.05, 0) is 88.6 Å². The largest absolute Gasteiger partial charge is 0.494 e. The first kappa shape index (κ1) is 42.0. The van der Waals surface area contributed by atoms with Crippen molar-refractivity contribution < 1.29 is 42.3 Å². The summed E-state index contributed by atoms with van der Waals surface area (Å²) in [6.45, 7) is 7.52. The van der Waals surface area contributed by atoms with E-state index in [1.165, 1.54) is 21.0 Å². The second-order valence-corrected chi connectivity index (χ2v) is 16.0. The summed E-state index contributed by atoms with van der Waals surface area (Å²) < 4.78 is 34.8. The SMILES string of the molecule is Cc1ccc(NC(=O)N[C@@H](Cc2cc(F)cc(F)c2)C(=O)N[C@@H]2C(=O)N3C[C@@H](N)C[C@H]3C(=O)N3CCCC[C@H]3C(=O)N[C@@H](C)C(=O)N3C[C@H](C)C/C3=C/O[C@H]2C)cc1. The van der Waals surface area contributed by atoms with Gasteiger partial charge in [0.25, 0.3) is 0 Å². The number of allylic oxidation sites excluding steroid dienone is 1. The highest BCUT2D eigenvalue weighted by atomic mass is 19.1. The van der Waals surface area contributed by atoms with Crippen molar-refractivity contribution in [3.63, 3.8) is 0 Å². The number of urea groups is 1. The molecule has 0 radical (unpaired) electrons. The minimum atomic E-state index is -1.49. The molecule has 312 valence electrons. The number of amides is 7. The molecule has 4 aliphatic heterocycles. The quantitative estimate of drug-likeness (QED) is 0.294. The molecular formula is C41H52F2N8O7. The molecule has 17 heteroatoms. The van der Waals surface area contributed by atoms with Gasteiger partial charge in [-0.25, -0.2) is 13.6 Å². The molecule has 6 rings (SSSR count). The summed E-state index contributed by atoms with van der Waals surface area (Å²) >= 11 is 0. The first-order valence-corrected chi connectivity index (χ1v) is 19.8. The van der Waals surface area contributed by atoms with Crippen LogP contribution in [-0.2, 0) is 35.1 Å². The molecule has 7 amide bonds. The smallest absolute Gasteiger partial charge is 0.319 e. The minimum Gasteiger partial charge on any atom is -0.494 e. The summed E-state index contributed by atoms with van der Waals surface area (Å²) in [5.74, 6) is -4.67. The molecule has 6 N–H and O–H groups in total. The van der Waals surface area contributed by atoms with Gasteiger partial charge in [-0.15, -0.1) is 0 Å². The Labute approximate surface area is 336 Å². The third-order valence-electron chi connectivity index (χ3n) is 11.1. The van der Waals surface area contributed by atoms with E-state index in [4.69, 9.17) is 10.5 Å². The molecule has 3 fully saturated rings. The molecule has 0 bridgehead atoms. The number of carbonyl (C=O) groups is 6. The number of anilines is 1. The van der Waals surface area contributed by atoms with E-state index >= 15 is 0 Å². The molecule has 58 heavy (non-hydrogen) atoms. The molecule has 0 spiro atoms. The number of benzene rings is 2. The number of aryl methyl sites for hydroxylation is 1. The summed E-state index contributed by atoms with van der Waals surface area (Å²) in [7, 11) is 0. The number of nitrogens with zero attached hydrogens (tertiary/aromatic N) is 3. The lowest BCUT2D eigenvalue weighted by molar-refractivity contribution is -0.152. The zero-order chi connectivity index (χ0) is 41.8. The predicted octanol–water partition coefficient (Wildman–Crippen LogP) is 2.43. The maximum Gasteiger partial charge on any atom is 0.319 e. The number of hydrogen-bond donors (Lipinski definition) is 5. The van der Waals surface area contributed by atoms with Gasteiger partial charge in [0, 0.05) is 43.9 Å². The molecule has 4 aliphatic rings. The third-order valence-corrected chi connectivity index (χ3v) is 11.1. The number of ether oxygens (including phenoxy) is 1. The van der Waals surface area contributed by atoms with Gasteiger partial charge in [0.2, 0.25) is 29.5 Å². The number of nitrogens with one attached hydrogen (secondary N) is 4. The van der Waals surface area contributed by atoms with Crippen LogP contribution in [0.25, 0.3) is 0 Å². The van der Waals surface area contributed by atoms with E-state index in [-0.39, 0.29) is 43.3 Å². The third kappa shape index (κ3) is 9.74. The number of rotatable bonds is 6. The lowest BCUT2D eigenvalue weighted by Gasteiger charge is -2.39. The van der Waals surface area contributed by atoms with E-state index in [9.17, 15) is 37.5 Å². The Morgan fingerprint density at radius 3 is 2.34 bits per heavy atom. The summed E-state index contributed by atoms with van der Waals surface area (Å²) in [4.78, 5) is 88.5. The van der Waals surface area contributed by atoms with Gasteiger partial charge in [-0.1, -0.05) is 24.6 Å². The molecule has 2 aromatic rings. The molecule has 3 saturated heterocycles. The van der Waals surface area contributed by atoms with Crippen molar-refractivity contribution in [1.82, 2.24) is 30.7 Å². The van der Waals surface area contributed by atoms with Gasteiger partial charge in [-0.2, -0.15) is 0 Å². The van der Waals surface area contributed by atoms with Crippen molar-refractivity contribution >= 4 is 41.3 Å². The highest BCUT2D eigenvalue weighted by Crippen LogP contribution is 2.29. The average Bonchev–Trinajstić information content (AvgIpc) is 3.76. The van der Waals surface area contributed by atoms with Gasteiger partial charge >= 0.3 is 6.03 Å². The summed E-state index contributed by atoms with van der Waals surface area (Å²) in [5.41, 5.74) is 8.31. The van der Waals surface area contributed by atoms with E-state index in [1.807, 2.05) is 13.8 Å². The van der Waals surface area contributed by atoms with E-state index in [1.54, 1.807) is 38.1 Å². The van der Waals surface area contributed by atoms with Crippen LogP contribution >= 0.6 is 0 Å². The van der Waals surface area contributed by atoms with Gasteiger partial charge < -0.3 is 46.4 Å². The molecular weight excluding hydrogens is 754 g/mol. The Kier molecular flexibility index (Phi) is 13.0. The van der Waals surface area contributed by atoms with Crippen molar-refractivity contribution in [1.29, 1.82) is 0 Å². The predicted molar refractivity (Wildman–Crippen MR) is 208 cm³/mol. The van der Waals surface area contributed by atoms with Crippen LogP contribution < -0.4 is 27.0 Å². The first-order chi connectivity index (χ1) is 27.6. The zero-order valence-corrected chi connectivity index (χ0v) is 33.1. The second kappa shape index (κ2) is 17.9. The topological polar surface area (TPSA) is 196 Å². The van der Waals surface area contributed by atoms with Gasteiger partial charge in [0.1, 0.15) is 54.2 Å². The van der Waals surface area contributed by atoms with E-state index < -0.39 is 83.6 Å². The Bertz CT molecular complexity index is 1930. The van der Waals surface area contributed by atoms with E-state index in [2.05, 4.69) is 21.3 Å². The number of nitrogens with two attached hydrogens (primary N) is 1. The molecule has 0 unspecified atom stereocenters. The lowest BCUT2D eigenvalue weighted by Crippen LogP contribution is -2.62. The van der Waals surface area contributed by atoms with E-state index in [0.29, 0.717) is 49.7 Å². The standard InChI is InChI=1S/C41H52F2N8O7/c1-22-8-10-30(11-9-22)46-41(57)47-32(16-26-14-27(42)17-28(43)15-26)36(52)48-35-25(4)58-21-31-13-23(2)19-50(31)38(54)24(3)45-37(53)33-7-5-6-12-49(33)39(55)34-18-29(44)20-51(34)40(35)56/h8-11,14-15,17,21,23-25,29,32-35H,5-7,12-13,16,18-20,44H2,1-4H3,(H,45,53)(H,48,52)(H2,46,47,57)/b31-21-/t23-,24+,25+,29+,32+,33+,34+,35+/m1/s1. The zero-order valence-electron chi connectivity index (χ0n) is 33.1. The Balaban J connectivity index is 1.35. The molecule has 0 saturated carbocycles. The van der Waals surface area contributed by atoms with Crippen molar-refractivity contribution in [3.8, 4) is 0 Å². The molecule has 15 nitrogen and oxygen atoms in total. The normalized spacial score (nSPS) is 28.3. The van der Waals surface area contributed by atoms with Crippen molar-refractivity contribution in [2.24, 2.45) is 11.7 Å². The number of hydrogen-bond acceptors (Lipinski definition) is 8. The highest BCUT2D eigenvalue weighted by Gasteiger charge is 2.47. The number of carbonyl (C=O) groups excluding carboxylic acids is 6.